The molecule has 3 heteroatoms. The van der Waals surface area contributed by atoms with Crippen LogP contribution in [0.5, 0.6) is 0 Å². The summed E-state index contributed by atoms with van der Waals surface area (Å²) in [6.45, 7) is 9.53. The molecule has 0 aromatic heterocycles. The van der Waals surface area contributed by atoms with Crippen molar-refractivity contribution in [2.75, 3.05) is 0 Å². The van der Waals surface area contributed by atoms with Gasteiger partial charge in [0, 0.05) is 0 Å². The van der Waals surface area contributed by atoms with Crippen LogP contribution in [-0.4, -0.2) is 0 Å². The van der Waals surface area contributed by atoms with E-state index in [4.69, 9.17) is 23.2 Å². The zero-order valence-corrected chi connectivity index (χ0v) is 8.09. The molecule has 0 fully saturated rings. The maximum Gasteiger partial charge on any atom is -0.00296 e. The van der Waals surface area contributed by atoms with Gasteiger partial charge in [-0.05, 0) is 16.1 Å². The summed E-state index contributed by atoms with van der Waals surface area (Å²) in [6.07, 6.45) is 0. The number of rotatable bonds is 0. The van der Waals surface area contributed by atoms with E-state index in [1.54, 1.807) is 4.99 Å². The van der Waals surface area contributed by atoms with Gasteiger partial charge in [-0.2, -0.15) is 0 Å². The van der Waals surface area contributed by atoms with E-state index in [0.717, 1.165) is 0 Å². The van der Waals surface area contributed by atoms with Crippen molar-refractivity contribution in [1.29, 1.82) is 0 Å². The Morgan fingerprint density at radius 2 is 1.00 bits per heavy atom. The molecule has 0 spiro atoms. The van der Waals surface area contributed by atoms with Crippen molar-refractivity contribution in [2.45, 2.75) is 0 Å². The second-order valence-corrected chi connectivity index (χ2v) is 1.73. The van der Waals surface area contributed by atoms with Crippen molar-refractivity contribution in [3.8, 4) is 0 Å². The summed E-state index contributed by atoms with van der Waals surface area (Å²) in [4.78, 5) is 1.56. The molecule has 0 aliphatic carbocycles. The van der Waals surface area contributed by atoms with Crippen LogP contribution in [0.1, 0.15) is 0 Å². The minimum absolute atomic E-state index is 1.22. The average Bonchev–Trinajstić information content (AvgIpc) is 1.70. The van der Waals surface area contributed by atoms with Gasteiger partial charge in [0.15, 0.2) is 0 Å². The Morgan fingerprint density at radius 1 is 1.00 bits per heavy atom. The van der Waals surface area contributed by atoms with E-state index in [9.17, 15) is 0 Å². The fourth-order valence-corrected chi connectivity index (χ4v) is 0. The van der Waals surface area contributed by atoms with Crippen LogP contribution in [0.4, 0.5) is 0 Å². The van der Waals surface area contributed by atoms with Gasteiger partial charge < -0.3 is 0 Å². The third-order valence-corrected chi connectivity index (χ3v) is 0. The zero-order chi connectivity index (χ0) is 8.12. The molecule has 0 aromatic rings. The van der Waals surface area contributed by atoms with Crippen molar-refractivity contribution >= 4 is 39.1 Å². The van der Waals surface area contributed by atoms with Crippen molar-refractivity contribution in [3.63, 3.8) is 0 Å². The molecular weight excluding hydrogens is 223 g/mol. The quantitative estimate of drug-likeness (QED) is 0.585. The lowest BCUT2D eigenvalue weighted by Crippen LogP contribution is -0.926. The lowest BCUT2D eigenvalue weighted by atomic mass is 11.3. The lowest BCUT2D eigenvalue weighted by molar-refractivity contribution is 2.63. The van der Waals surface area contributed by atoms with Gasteiger partial charge in [-0.25, -0.2) is 0 Å². The molecule has 0 N–H and O–H groups in total. The van der Waals surface area contributed by atoms with Crippen LogP contribution in [0, 0.1) is 0 Å². The smallest absolute Gasteiger partial charge is 0.00296 e. The third-order valence-electron chi connectivity index (χ3n) is 0. The van der Waals surface area contributed by atoms with Crippen LogP contribution in [-0.2, 0) is 0 Å². The molecular formula is C6H9BrCl2. The van der Waals surface area contributed by atoms with Gasteiger partial charge in [-0.3, -0.25) is 0 Å². The SMILES string of the molecule is C=CBr.C=CCl.C=CCl. The predicted octanol–water partition coefficient (Wildman–Crippen LogP) is 4.26. The van der Waals surface area contributed by atoms with E-state index < -0.39 is 0 Å². The fourth-order valence-electron chi connectivity index (χ4n) is 0. The van der Waals surface area contributed by atoms with Crippen molar-refractivity contribution in [2.24, 2.45) is 0 Å². The van der Waals surface area contributed by atoms with Crippen LogP contribution in [0.25, 0.3) is 0 Å². The molecule has 9 heavy (non-hydrogen) atoms. The normalized spacial score (nSPS) is 4.33. The Balaban J connectivity index is -0.0000000600. The Morgan fingerprint density at radius 3 is 1.00 bits per heavy atom. The molecule has 0 aliphatic rings. The van der Waals surface area contributed by atoms with Gasteiger partial charge in [-0.1, -0.05) is 58.9 Å². The minimum Gasteiger partial charge on any atom is -0.0936 e. The molecule has 0 saturated heterocycles. The fraction of sp³-hybridized carbons (Fsp3) is 0. The van der Waals surface area contributed by atoms with Crippen LogP contribution in [0.15, 0.2) is 35.8 Å². The van der Waals surface area contributed by atoms with Crippen LogP contribution < -0.4 is 0 Å². The van der Waals surface area contributed by atoms with E-state index >= 15 is 0 Å². The van der Waals surface area contributed by atoms with Crippen molar-refractivity contribution < 1.29 is 0 Å². The maximum absolute atomic E-state index is 4.76. The van der Waals surface area contributed by atoms with E-state index in [0.29, 0.717) is 0 Å². The molecule has 0 radical (unpaired) electrons. The zero-order valence-electron chi connectivity index (χ0n) is 4.99. The van der Waals surface area contributed by atoms with E-state index in [1.807, 2.05) is 0 Å². The summed E-state index contributed by atoms with van der Waals surface area (Å²) < 4.78 is 0. The first-order valence-corrected chi connectivity index (χ1v) is 3.67. The van der Waals surface area contributed by atoms with E-state index in [2.05, 4.69) is 35.7 Å². The highest BCUT2D eigenvalue weighted by Crippen LogP contribution is 1.68. The molecule has 0 aromatic carbocycles. The number of hydrogen-bond donors (Lipinski definition) is 0. The highest BCUT2D eigenvalue weighted by molar-refractivity contribution is 9.11. The largest absolute Gasteiger partial charge is 0.0936 e. The number of hydrogen-bond acceptors (Lipinski definition) is 0. The van der Waals surface area contributed by atoms with E-state index in [1.165, 1.54) is 11.1 Å². The first-order chi connectivity index (χ1) is 4.24. The standard InChI is InChI=1S/C2H3Br.2C2H3Cl/c3*1-2-3/h3*2H,1H2. The molecule has 0 rings (SSSR count). The molecule has 54 valence electrons. The Bertz CT molecular complexity index is 47.8. The molecule has 0 saturated carbocycles. The summed E-state index contributed by atoms with van der Waals surface area (Å²) in [5, 5.41) is 0. The Kier molecular flexibility index (Phi) is 73.1. The molecule has 0 unspecified atom stereocenters. The van der Waals surface area contributed by atoms with Crippen molar-refractivity contribution in [1.82, 2.24) is 0 Å². The third kappa shape index (κ3) is 4170. The molecule has 0 heterocycles. The van der Waals surface area contributed by atoms with E-state index in [-0.39, 0.29) is 0 Å². The highest BCUT2D eigenvalue weighted by Gasteiger charge is 1.18. The molecule has 0 aliphatic heterocycles. The summed E-state index contributed by atoms with van der Waals surface area (Å²) in [6, 6.07) is 0. The van der Waals surface area contributed by atoms with Gasteiger partial charge in [0.2, 0.25) is 0 Å². The van der Waals surface area contributed by atoms with Crippen molar-refractivity contribution in [3.05, 3.63) is 35.8 Å². The summed E-state index contributed by atoms with van der Waals surface area (Å²) in [7, 11) is 0. The summed E-state index contributed by atoms with van der Waals surface area (Å²) in [5.74, 6) is 0. The van der Waals surface area contributed by atoms with Gasteiger partial charge in [0.1, 0.15) is 0 Å². The average molecular weight is 232 g/mol. The highest BCUT2D eigenvalue weighted by atomic mass is 79.9. The Labute approximate surface area is 75.0 Å². The second-order valence-electron chi connectivity index (χ2n) is 0.463. The maximum atomic E-state index is 4.76. The van der Waals surface area contributed by atoms with Crippen LogP contribution in [0.2, 0.25) is 0 Å². The molecule has 0 amide bonds. The predicted molar refractivity (Wildman–Crippen MR) is 51.2 cm³/mol. The van der Waals surface area contributed by atoms with Crippen LogP contribution >= 0.6 is 39.1 Å². The van der Waals surface area contributed by atoms with Gasteiger partial charge in [-0.15, -0.1) is 0 Å². The number of halogens is 3. The first kappa shape index (κ1) is 16.1. The van der Waals surface area contributed by atoms with Gasteiger partial charge in [0.25, 0.3) is 0 Å². The molecule has 0 atom stereocenters. The second kappa shape index (κ2) is 40.8. The summed E-state index contributed by atoms with van der Waals surface area (Å²) in [5.41, 5.74) is 2.44. The summed E-state index contributed by atoms with van der Waals surface area (Å²) >= 11 is 12.4. The monoisotopic (exact) mass is 230 g/mol. The first-order valence-electron chi connectivity index (χ1n) is 1.88. The Hall–Kier alpha value is 0.280. The molecule has 0 bridgehead atoms. The lowest BCUT2D eigenvalue weighted by Gasteiger charge is -1.27. The molecule has 0 nitrogen and oxygen atoms in total. The van der Waals surface area contributed by atoms with Gasteiger partial charge >= 0.3 is 0 Å². The van der Waals surface area contributed by atoms with Gasteiger partial charge in [0.05, 0.1) is 0 Å². The topological polar surface area (TPSA) is 0 Å². The minimum atomic E-state index is 1.22. The van der Waals surface area contributed by atoms with Crippen LogP contribution in [0.3, 0.4) is 0 Å².